The van der Waals surface area contributed by atoms with Crippen molar-refractivity contribution >= 4 is 11.6 Å². The molecule has 1 unspecified atom stereocenters. The summed E-state index contributed by atoms with van der Waals surface area (Å²) >= 11 is 6.14. The van der Waals surface area contributed by atoms with Crippen molar-refractivity contribution in [2.45, 2.75) is 26.0 Å². The molecule has 0 aliphatic rings. The van der Waals surface area contributed by atoms with E-state index < -0.39 is 6.10 Å². The van der Waals surface area contributed by atoms with Gasteiger partial charge in [-0.05, 0) is 6.42 Å². The molecule has 0 aromatic carbocycles. The Balaban J connectivity index is 2.56. The summed E-state index contributed by atoms with van der Waals surface area (Å²) < 4.78 is 1.74. The third-order valence-corrected chi connectivity index (χ3v) is 2.82. The molecule has 0 aliphatic heterocycles. The summed E-state index contributed by atoms with van der Waals surface area (Å²) in [5, 5.41) is 25.8. The maximum atomic E-state index is 9.16. The summed E-state index contributed by atoms with van der Waals surface area (Å²) in [5.41, 5.74) is 1.77. The van der Waals surface area contributed by atoms with Crippen LogP contribution in [0.2, 0.25) is 5.02 Å². The van der Waals surface area contributed by atoms with Crippen LogP contribution in [0.1, 0.15) is 18.3 Å². The molecule has 6 heteroatoms. The minimum absolute atomic E-state index is 0.244. The van der Waals surface area contributed by atoms with E-state index in [0.29, 0.717) is 18.1 Å². The van der Waals surface area contributed by atoms with Crippen molar-refractivity contribution in [1.82, 2.24) is 15.1 Å². The van der Waals surface area contributed by atoms with Gasteiger partial charge in [-0.1, -0.05) is 18.5 Å². The minimum atomic E-state index is -0.738. The summed E-state index contributed by atoms with van der Waals surface area (Å²) in [5.74, 6) is 0. The van der Waals surface area contributed by atoms with Gasteiger partial charge in [0.15, 0.2) is 0 Å². The van der Waals surface area contributed by atoms with E-state index >= 15 is 0 Å². The first-order valence-electron chi connectivity index (χ1n) is 5.30. The average molecular weight is 248 g/mol. The van der Waals surface area contributed by atoms with Crippen molar-refractivity contribution in [3.8, 4) is 0 Å². The molecule has 1 aromatic rings. The topological polar surface area (TPSA) is 70.3 Å². The molecule has 1 heterocycles. The first kappa shape index (κ1) is 13.4. The number of aromatic nitrogens is 2. The Hall–Kier alpha value is -0.620. The Morgan fingerprint density at radius 1 is 1.56 bits per heavy atom. The van der Waals surface area contributed by atoms with E-state index in [9.17, 15) is 0 Å². The number of hydrogen-bond acceptors (Lipinski definition) is 4. The zero-order valence-corrected chi connectivity index (χ0v) is 10.3. The van der Waals surface area contributed by atoms with Crippen LogP contribution in [0.15, 0.2) is 0 Å². The smallest absolute Gasteiger partial charge is 0.0895 e. The maximum absolute atomic E-state index is 9.16. The van der Waals surface area contributed by atoms with E-state index in [1.165, 1.54) is 0 Å². The second-order valence-electron chi connectivity index (χ2n) is 3.65. The van der Waals surface area contributed by atoms with Gasteiger partial charge in [-0.15, -0.1) is 0 Å². The Morgan fingerprint density at radius 2 is 2.25 bits per heavy atom. The normalized spacial score (nSPS) is 13.1. The van der Waals surface area contributed by atoms with Gasteiger partial charge in [0.25, 0.3) is 0 Å². The lowest BCUT2D eigenvalue weighted by atomic mass is 10.3. The lowest BCUT2D eigenvalue weighted by molar-refractivity contribution is 0.0941. The number of aryl methyl sites for hydroxylation is 2. The molecule has 5 nitrogen and oxygen atoms in total. The lowest BCUT2D eigenvalue weighted by Gasteiger charge is -2.09. The van der Waals surface area contributed by atoms with Gasteiger partial charge in [-0.2, -0.15) is 5.10 Å². The molecule has 3 N–H and O–H groups in total. The third-order valence-electron chi connectivity index (χ3n) is 2.39. The van der Waals surface area contributed by atoms with Gasteiger partial charge >= 0.3 is 0 Å². The number of nitrogens with zero attached hydrogens (tertiary/aromatic N) is 2. The number of hydrogen-bond donors (Lipinski definition) is 3. The molecule has 1 aromatic heterocycles. The summed E-state index contributed by atoms with van der Waals surface area (Å²) in [4.78, 5) is 0. The van der Waals surface area contributed by atoms with Gasteiger partial charge in [0.05, 0.1) is 29.1 Å². The number of aliphatic hydroxyl groups excluding tert-OH is 2. The van der Waals surface area contributed by atoms with Crippen molar-refractivity contribution in [3.05, 3.63) is 16.4 Å². The monoisotopic (exact) mass is 247 g/mol. The summed E-state index contributed by atoms with van der Waals surface area (Å²) in [6.07, 6.45) is 0.0593. The molecule has 1 rings (SSSR count). The molecule has 1 atom stereocenters. The van der Waals surface area contributed by atoms with Crippen LogP contribution in [0.25, 0.3) is 0 Å². The lowest BCUT2D eigenvalue weighted by Crippen LogP contribution is -2.29. The van der Waals surface area contributed by atoms with Gasteiger partial charge in [0.2, 0.25) is 0 Å². The van der Waals surface area contributed by atoms with Crippen LogP contribution in [0.3, 0.4) is 0 Å². The Morgan fingerprint density at radius 3 is 2.75 bits per heavy atom. The Bertz CT molecular complexity index is 341. The van der Waals surface area contributed by atoms with E-state index in [0.717, 1.165) is 17.8 Å². The highest BCUT2D eigenvalue weighted by Gasteiger charge is 2.12. The number of rotatable bonds is 6. The fraction of sp³-hybridized carbons (Fsp3) is 0.700. The second kappa shape index (κ2) is 6.20. The third kappa shape index (κ3) is 3.18. The first-order valence-corrected chi connectivity index (χ1v) is 5.67. The molecule has 0 amide bonds. The van der Waals surface area contributed by atoms with Crippen molar-refractivity contribution in [1.29, 1.82) is 0 Å². The van der Waals surface area contributed by atoms with E-state index in [1.807, 2.05) is 14.0 Å². The fourth-order valence-electron chi connectivity index (χ4n) is 1.43. The van der Waals surface area contributed by atoms with E-state index in [-0.39, 0.29) is 6.61 Å². The molecule has 0 saturated carbocycles. The number of aliphatic hydroxyl groups is 2. The fourth-order valence-corrected chi connectivity index (χ4v) is 1.79. The first-order chi connectivity index (χ1) is 7.60. The molecule has 0 bridgehead atoms. The number of halogens is 1. The highest BCUT2D eigenvalue weighted by atomic mass is 35.5. The van der Waals surface area contributed by atoms with Crippen molar-refractivity contribution < 1.29 is 10.2 Å². The second-order valence-corrected chi connectivity index (χ2v) is 4.03. The number of nitrogens with one attached hydrogen (secondary N) is 1. The van der Waals surface area contributed by atoms with Gasteiger partial charge in [-0.3, -0.25) is 4.68 Å². The zero-order valence-electron chi connectivity index (χ0n) is 9.57. The molecule has 0 radical (unpaired) electrons. The highest BCUT2D eigenvalue weighted by Crippen LogP contribution is 2.20. The Kier molecular flexibility index (Phi) is 5.21. The van der Waals surface area contributed by atoms with Crippen LogP contribution in [-0.2, 0) is 20.0 Å². The molecule has 0 spiro atoms. The predicted octanol–water partition coefficient (Wildman–Crippen LogP) is 0.0787. The summed E-state index contributed by atoms with van der Waals surface area (Å²) in [6, 6.07) is 0. The highest BCUT2D eigenvalue weighted by molar-refractivity contribution is 6.31. The van der Waals surface area contributed by atoms with Crippen LogP contribution >= 0.6 is 11.6 Å². The standard InChI is InChI=1S/C10H18ClN3O2/c1-3-8-10(11)9(14(2)13-8)5-12-4-7(16)6-15/h7,12,15-16H,3-6H2,1-2H3. The average Bonchev–Trinajstić information content (AvgIpc) is 2.55. The van der Waals surface area contributed by atoms with Crippen molar-refractivity contribution in [2.24, 2.45) is 7.05 Å². The van der Waals surface area contributed by atoms with E-state index in [4.69, 9.17) is 21.8 Å². The largest absolute Gasteiger partial charge is 0.394 e. The van der Waals surface area contributed by atoms with Gasteiger partial charge in [-0.25, -0.2) is 0 Å². The molecular formula is C10H18ClN3O2. The van der Waals surface area contributed by atoms with E-state index in [1.54, 1.807) is 4.68 Å². The molecule has 0 aliphatic carbocycles. The van der Waals surface area contributed by atoms with Crippen LogP contribution in [0, 0.1) is 0 Å². The van der Waals surface area contributed by atoms with Crippen LogP contribution < -0.4 is 5.32 Å². The van der Waals surface area contributed by atoms with Crippen LogP contribution in [0.5, 0.6) is 0 Å². The van der Waals surface area contributed by atoms with Crippen molar-refractivity contribution in [3.63, 3.8) is 0 Å². The van der Waals surface area contributed by atoms with Gasteiger partial charge < -0.3 is 15.5 Å². The summed E-state index contributed by atoms with van der Waals surface area (Å²) in [7, 11) is 1.84. The predicted molar refractivity (Wildman–Crippen MR) is 62.4 cm³/mol. The molecule has 0 saturated heterocycles. The van der Waals surface area contributed by atoms with Gasteiger partial charge in [0.1, 0.15) is 0 Å². The summed E-state index contributed by atoms with van der Waals surface area (Å²) in [6.45, 7) is 2.62. The van der Waals surface area contributed by atoms with Crippen LogP contribution in [-0.4, -0.2) is 39.2 Å². The molecule has 92 valence electrons. The molecular weight excluding hydrogens is 230 g/mol. The van der Waals surface area contributed by atoms with Crippen LogP contribution in [0.4, 0.5) is 0 Å². The van der Waals surface area contributed by atoms with Crippen molar-refractivity contribution in [2.75, 3.05) is 13.2 Å². The SMILES string of the molecule is CCc1nn(C)c(CNCC(O)CO)c1Cl. The molecule has 0 fully saturated rings. The zero-order chi connectivity index (χ0) is 12.1. The minimum Gasteiger partial charge on any atom is -0.394 e. The van der Waals surface area contributed by atoms with Gasteiger partial charge in [0, 0.05) is 20.1 Å². The quantitative estimate of drug-likeness (QED) is 0.666. The van der Waals surface area contributed by atoms with E-state index in [2.05, 4.69) is 10.4 Å². The maximum Gasteiger partial charge on any atom is 0.0895 e. The molecule has 16 heavy (non-hydrogen) atoms. The Labute approximate surface area is 100 Å².